The Kier molecular flexibility index (Phi) is 9.85. The van der Waals surface area contributed by atoms with Gasteiger partial charge in [-0.3, -0.25) is 9.38 Å². The van der Waals surface area contributed by atoms with E-state index in [9.17, 15) is 17.6 Å². The molecule has 1 aromatic rings. The molecule has 1 atom stereocenters. The van der Waals surface area contributed by atoms with Gasteiger partial charge >= 0.3 is 6.18 Å². The van der Waals surface area contributed by atoms with Gasteiger partial charge < -0.3 is 15.5 Å². The van der Waals surface area contributed by atoms with Crippen LogP contribution in [-0.2, 0) is 6.18 Å². The SMILES string of the molecule is CCNC(=NCCCF)NC1CCN(c2ncc(C(F)(F)F)cc2Cl)C1.I. The molecule has 0 aromatic carbocycles. The summed E-state index contributed by atoms with van der Waals surface area (Å²) in [7, 11) is 0. The highest BCUT2D eigenvalue weighted by Crippen LogP contribution is 2.34. The lowest BCUT2D eigenvalue weighted by molar-refractivity contribution is -0.137. The van der Waals surface area contributed by atoms with Gasteiger partial charge in [0, 0.05) is 38.4 Å². The summed E-state index contributed by atoms with van der Waals surface area (Å²) < 4.78 is 50.4. The average Bonchev–Trinajstić information content (AvgIpc) is 3.02. The summed E-state index contributed by atoms with van der Waals surface area (Å²) in [5, 5.41) is 6.32. The number of pyridine rings is 1. The minimum absolute atomic E-state index is 0. The van der Waals surface area contributed by atoms with E-state index < -0.39 is 18.4 Å². The number of hydrogen-bond donors (Lipinski definition) is 2. The number of rotatable bonds is 6. The molecule has 1 aliphatic rings. The number of alkyl halides is 4. The summed E-state index contributed by atoms with van der Waals surface area (Å²) >= 11 is 6.01. The molecule has 0 amide bonds. The van der Waals surface area contributed by atoms with E-state index in [0.29, 0.717) is 44.4 Å². The van der Waals surface area contributed by atoms with E-state index >= 15 is 0 Å². The summed E-state index contributed by atoms with van der Waals surface area (Å²) in [5.74, 6) is 0.933. The molecule has 5 nitrogen and oxygen atoms in total. The van der Waals surface area contributed by atoms with Crippen molar-refractivity contribution in [3.63, 3.8) is 0 Å². The van der Waals surface area contributed by atoms with E-state index in [1.807, 2.05) is 11.8 Å². The second kappa shape index (κ2) is 11.1. The zero-order valence-corrected chi connectivity index (χ0v) is 17.9. The van der Waals surface area contributed by atoms with Crippen LogP contribution >= 0.6 is 35.6 Å². The first kappa shape index (κ1) is 24.0. The Bertz CT molecular complexity index is 629. The van der Waals surface area contributed by atoms with Crippen molar-refractivity contribution in [2.75, 3.05) is 37.8 Å². The van der Waals surface area contributed by atoms with Crippen LogP contribution in [0.1, 0.15) is 25.3 Å². The first-order valence-electron chi connectivity index (χ1n) is 8.43. The standard InChI is InChI=1S/C16H22ClF4N5.HI/c1-2-22-15(23-6-3-5-18)25-12-4-7-26(10-12)14-13(17)8-11(9-24-14)16(19,20)21;/h8-9,12H,2-7,10H2,1H3,(H2,22,23,25);1H. The zero-order chi connectivity index (χ0) is 19.2. The molecular formula is C16H23ClF4IN5. The number of aliphatic imine (C=N–C) groups is 1. The van der Waals surface area contributed by atoms with Gasteiger partial charge in [0.2, 0.25) is 0 Å². The van der Waals surface area contributed by atoms with Gasteiger partial charge in [0.25, 0.3) is 0 Å². The summed E-state index contributed by atoms with van der Waals surface area (Å²) in [6, 6.07) is 0.936. The Hall–Kier alpha value is -1.04. The number of anilines is 1. The maximum atomic E-state index is 12.7. The number of aromatic nitrogens is 1. The molecular weight excluding hydrogens is 501 g/mol. The Morgan fingerprint density at radius 2 is 2.19 bits per heavy atom. The molecule has 11 heteroatoms. The Morgan fingerprint density at radius 1 is 1.44 bits per heavy atom. The molecule has 2 rings (SSSR count). The minimum atomic E-state index is -4.47. The first-order chi connectivity index (χ1) is 12.3. The smallest absolute Gasteiger partial charge is 0.357 e. The van der Waals surface area contributed by atoms with Crippen molar-refractivity contribution in [3.8, 4) is 0 Å². The quantitative estimate of drug-likeness (QED) is 0.196. The fourth-order valence-electron chi connectivity index (χ4n) is 2.65. The molecule has 27 heavy (non-hydrogen) atoms. The summed E-state index contributed by atoms with van der Waals surface area (Å²) in [6.07, 6.45) is -2.56. The first-order valence-corrected chi connectivity index (χ1v) is 8.81. The monoisotopic (exact) mass is 523 g/mol. The van der Waals surface area contributed by atoms with E-state index in [1.165, 1.54) is 0 Å². The van der Waals surface area contributed by atoms with Crippen molar-refractivity contribution < 1.29 is 17.6 Å². The van der Waals surface area contributed by atoms with Crippen LogP contribution in [0.5, 0.6) is 0 Å². The second-order valence-corrected chi connectivity index (χ2v) is 6.31. The third-order valence-electron chi connectivity index (χ3n) is 3.88. The van der Waals surface area contributed by atoms with Gasteiger partial charge in [-0.1, -0.05) is 11.6 Å². The molecule has 0 aliphatic carbocycles. The molecule has 1 saturated heterocycles. The fraction of sp³-hybridized carbons (Fsp3) is 0.625. The zero-order valence-electron chi connectivity index (χ0n) is 14.8. The van der Waals surface area contributed by atoms with E-state index in [-0.39, 0.29) is 35.0 Å². The topological polar surface area (TPSA) is 52.6 Å². The van der Waals surface area contributed by atoms with Crippen molar-refractivity contribution in [2.45, 2.75) is 32.0 Å². The lowest BCUT2D eigenvalue weighted by atomic mass is 10.2. The molecule has 0 bridgehead atoms. The molecule has 1 aromatic heterocycles. The van der Waals surface area contributed by atoms with Gasteiger partial charge in [0.05, 0.1) is 17.3 Å². The largest absolute Gasteiger partial charge is 0.417 e. The van der Waals surface area contributed by atoms with Crippen LogP contribution in [0, 0.1) is 0 Å². The highest BCUT2D eigenvalue weighted by Gasteiger charge is 2.33. The molecule has 2 heterocycles. The van der Waals surface area contributed by atoms with Gasteiger partial charge in [-0.2, -0.15) is 13.2 Å². The molecule has 1 fully saturated rings. The predicted molar refractivity (Wildman–Crippen MR) is 110 cm³/mol. The van der Waals surface area contributed by atoms with E-state index in [2.05, 4.69) is 20.6 Å². The second-order valence-electron chi connectivity index (χ2n) is 5.91. The van der Waals surface area contributed by atoms with Crippen molar-refractivity contribution >= 4 is 47.4 Å². The van der Waals surface area contributed by atoms with Crippen LogP contribution in [0.15, 0.2) is 17.3 Å². The van der Waals surface area contributed by atoms with Crippen molar-refractivity contribution in [2.24, 2.45) is 4.99 Å². The number of hydrogen-bond acceptors (Lipinski definition) is 3. The highest BCUT2D eigenvalue weighted by atomic mass is 127. The van der Waals surface area contributed by atoms with Crippen LogP contribution in [0.4, 0.5) is 23.4 Å². The molecule has 154 valence electrons. The molecule has 0 saturated carbocycles. The van der Waals surface area contributed by atoms with Crippen molar-refractivity contribution in [1.29, 1.82) is 0 Å². The van der Waals surface area contributed by atoms with E-state index in [4.69, 9.17) is 11.6 Å². The Morgan fingerprint density at radius 3 is 2.78 bits per heavy atom. The third-order valence-corrected chi connectivity index (χ3v) is 4.16. The van der Waals surface area contributed by atoms with Crippen molar-refractivity contribution in [1.82, 2.24) is 15.6 Å². The van der Waals surface area contributed by atoms with Gasteiger partial charge in [-0.15, -0.1) is 24.0 Å². The van der Waals surface area contributed by atoms with Gasteiger partial charge in [-0.25, -0.2) is 4.98 Å². The third kappa shape index (κ3) is 7.13. The number of nitrogens with zero attached hydrogens (tertiary/aromatic N) is 3. The Labute approximate surface area is 178 Å². The Balaban J connectivity index is 0.00000364. The van der Waals surface area contributed by atoms with Crippen LogP contribution in [-0.4, -0.2) is 49.8 Å². The van der Waals surface area contributed by atoms with Gasteiger partial charge in [0.15, 0.2) is 5.96 Å². The normalized spacial score (nSPS) is 17.6. The number of nitrogens with one attached hydrogen (secondary N) is 2. The summed E-state index contributed by atoms with van der Waals surface area (Å²) in [6.45, 7) is 3.71. The molecule has 1 unspecified atom stereocenters. The maximum Gasteiger partial charge on any atom is 0.417 e. The maximum absolute atomic E-state index is 12.7. The summed E-state index contributed by atoms with van der Waals surface area (Å²) in [4.78, 5) is 10.0. The van der Waals surface area contributed by atoms with E-state index in [1.54, 1.807) is 0 Å². The van der Waals surface area contributed by atoms with Crippen LogP contribution < -0.4 is 15.5 Å². The molecule has 2 N–H and O–H groups in total. The van der Waals surface area contributed by atoms with Gasteiger partial charge in [0.1, 0.15) is 5.82 Å². The van der Waals surface area contributed by atoms with Crippen LogP contribution in [0.2, 0.25) is 5.02 Å². The molecule has 1 aliphatic heterocycles. The minimum Gasteiger partial charge on any atom is -0.357 e. The van der Waals surface area contributed by atoms with E-state index in [0.717, 1.165) is 18.7 Å². The number of guanidine groups is 1. The van der Waals surface area contributed by atoms with Crippen LogP contribution in [0.25, 0.3) is 0 Å². The molecule has 0 spiro atoms. The fourth-order valence-corrected chi connectivity index (χ4v) is 2.94. The lowest BCUT2D eigenvalue weighted by Gasteiger charge is -2.21. The highest BCUT2D eigenvalue weighted by molar-refractivity contribution is 14.0. The lowest BCUT2D eigenvalue weighted by Crippen LogP contribution is -2.44. The molecule has 0 radical (unpaired) electrons. The number of halogens is 6. The average molecular weight is 524 g/mol. The van der Waals surface area contributed by atoms with Crippen LogP contribution in [0.3, 0.4) is 0 Å². The summed E-state index contributed by atoms with van der Waals surface area (Å²) in [5.41, 5.74) is -0.866. The van der Waals surface area contributed by atoms with Gasteiger partial charge in [-0.05, 0) is 25.8 Å². The van der Waals surface area contributed by atoms with Crippen molar-refractivity contribution in [3.05, 3.63) is 22.8 Å². The predicted octanol–water partition coefficient (Wildman–Crippen LogP) is 3.87.